The largest absolute Gasteiger partial charge is 0.495 e. The molecule has 2 aromatic rings. The van der Waals surface area contributed by atoms with E-state index in [0.717, 1.165) is 36.6 Å². The Labute approximate surface area is 128 Å². The quantitative estimate of drug-likeness (QED) is 0.903. The molecule has 2 heterocycles. The fourth-order valence-electron chi connectivity index (χ4n) is 2.59. The van der Waals surface area contributed by atoms with Gasteiger partial charge in [0, 0.05) is 13.0 Å². The number of urea groups is 1. The minimum atomic E-state index is -0.292. The lowest BCUT2D eigenvalue weighted by atomic mass is 10.2. The highest BCUT2D eigenvalue weighted by Gasteiger charge is 2.17. The summed E-state index contributed by atoms with van der Waals surface area (Å²) in [6, 6.07) is 5.34. The van der Waals surface area contributed by atoms with E-state index < -0.39 is 0 Å². The summed E-state index contributed by atoms with van der Waals surface area (Å²) in [5, 5.41) is 13.8. The van der Waals surface area contributed by atoms with E-state index in [4.69, 9.17) is 4.74 Å². The van der Waals surface area contributed by atoms with Gasteiger partial charge in [0.2, 0.25) is 0 Å². The Bertz CT molecular complexity index is 695. The molecule has 1 aromatic heterocycles. The maximum atomic E-state index is 12.1. The maximum absolute atomic E-state index is 12.1. The molecule has 0 fully saturated rings. The van der Waals surface area contributed by atoms with E-state index >= 15 is 0 Å². The monoisotopic (exact) mass is 301 g/mol. The van der Waals surface area contributed by atoms with Crippen LogP contribution in [0, 0.1) is 6.92 Å². The number of fused-ring (bicyclic) bond motifs is 1. The molecule has 0 radical (unpaired) electrons. The Kier molecular flexibility index (Phi) is 3.95. The molecule has 0 atom stereocenters. The normalized spacial score (nSPS) is 12.8. The van der Waals surface area contributed by atoms with Crippen LogP contribution in [-0.4, -0.2) is 27.9 Å². The van der Waals surface area contributed by atoms with Crippen molar-refractivity contribution in [3.63, 3.8) is 0 Å². The lowest BCUT2D eigenvalue weighted by Crippen LogP contribution is -2.29. The number of carbonyl (C=O) groups is 1. The number of rotatable bonds is 4. The van der Waals surface area contributed by atoms with Gasteiger partial charge in [0.25, 0.3) is 0 Å². The van der Waals surface area contributed by atoms with Crippen molar-refractivity contribution in [2.75, 3.05) is 12.4 Å². The van der Waals surface area contributed by atoms with E-state index in [2.05, 4.69) is 25.4 Å². The number of aryl methyl sites for hydroxylation is 2. The molecule has 2 N–H and O–H groups in total. The molecule has 0 unspecified atom stereocenters. The molecule has 7 heteroatoms. The lowest BCUT2D eigenvalue weighted by molar-refractivity contribution is 0.251. The van der Waals surface area contributed by atoms with Gasteiger partial charge in [-0.1, -0.05) is 6.07 Å². The van der Waals surface area contributed by atoms with Gasteiger partial charge in [-0.15, -0.1) is 10.2 Å². The molecule has 1 aromatic carbocycles. The molecule has 0 spiro atoms. The first kappa shape index (κ1) is 14.4. The number of hydrogen-bond donors (Lipinski definition) is 2. The number of benzene rings is 1. The van der Waals surface area contributed by atoms with Crippen molar-refractivity contribution in [1.82, 2.24) is 20.1 Å². The van der Waals surface area contributed by atoms with Crippen molar-refractivity contribution in [3.8, 4) is 5.75 Å². The number of anilines is 1. The Hall–Kier alpha value is -2.57. The van der Waals surface area contributed by atoms with E-state index in [1.807, 2.05) is 25.1 Å². The topological polar surface area (TPSA) is 81.1 Å². The van der Waals surface area contributed by atoms with Crippen LogP contribution < -0.4 is 15.4 Å². The third-order valence-electron chi connectivity index (χ3n) is 3.70. The highest BCUT2D eigenvalue weighted by Crippen LogP contribution is 2.25. The number of hydrogen-bond acceptors (Lipinski definition) is 4. The zero-order chi connectivity index (χ0) is 15.5. The van der Waals surface area contributed by atoms with Gasteiger partial charge in [0.15, 0.2) is 5.82 Å². The van der Waals surface area contributed by atoms with E-state index in [0.29, 0.717) is 18.0 Å². The molecule has 0 aliphatic carbocycles. The Morgan fingerprint density at radius 2 is 2.27 bits per heavy atom. The summed E-state index contributed by atoms with van der Waals surface area (Å²) >= 11 is 0. The molecule has 7 nitrogen and oxygen atoms in total. The third kappa shape index (κ3) is 2.88. The van der Waals surface area contributed by atoms with Gasteiger partial charge in [-0.05, 0) is 31.0 Å². The van der Waals surface area contributed by atoms with Gasteiger partial charge in [0.1, 0.15) is 11.6 Å². The molecule has 1 aliphatic rings. The Morgan fingerprint density at radius 1 is 1.41 bits per heavy atom. The molecule has 0 bridgehead atoms. The first-order valence-corrected chi connectivity index (χ1v) is 7.28. The summed E-state index contributed by atoms with van der Waals surface area (Å²) in [5.41, 5.74) is 1.69. The second kappa shape index (κ2) is 6.05. The average molecular weight is 301 g/mol. The molecule has 116 valence electrons. The summed E-state index contributed by atoms with van der Waals surface area (Å²) < 4.78 is 7.31. The van der Waals surface area contributed by atoms with Crippen molar-refractivity contribution < 1.29 is 9.53 Å². The smallest absolute Gasteiger partial charge is 0.319 e. The Balaban J connectivity index is 1.62. The summed E-state index contributed by atoms with van der Waals surface area (Å²) in [5.74, 6) is 2.42. The first-order chi connectivity index (χ1) is 10.7. The van der Waals surface area contributed by atoms with Gasteiger partial charge in [-0.3, -0.25) is 0 Å². The number of nitrogens with zero attached hydrogens (tertiary/aromatic N) is 3. The second-order valence-corrected chi connectivity index (χ2v) is 5.30. The van der Waals surface area contributed by atoms with Gasteiger partial charge in [0.05, 0.1) is 19.3 Å². The zero-order valence-corrected chi connectivity index (χ0v) is 12.7. The summed E-state index contributed by atoms with van der Waals surface area (Å²) in [7, 11) is 1.58. The van der Waals surface area contributed by atoms with E-state index in [-0.39, 0.29) is 6.03 Å². The van der Waals surface area contributed by atoms with E-state index in [1.165, 1.54) is 0 Å². The van der Waals surface area contributed by atoms with Crippen LogP contribution in [0.25, 0.3) is 0 Å². The summed E-state index contributed by atoms with van der Waals surface area (Å²) in [6.07, 6.45) is 2.05. The summed E-state index contributed by atoms with van der Waals surface area (Å²) in [4.78, 5) is 12.1. The predicted molar refractivity (Wildman–Crippen MR) is 81.9 cm³/mol. The van der Waals surface area contributed by atoms with Crippen LogP contribution in [-0.2, 0) is 19.5 Å². The van der Waals surface area contributed by atoms with Crippen molar-refractivity contribution in [2.45, 2.75) is 32.9 Å². The highest BCUT2D eigenvalue weighted by molar-refractivity contribution is 5.91. The number of ether oxygens (including phenoxy) is 1. The minimum absolute atomic E-state index is 0.292. The number of carbonyl (C=O) groups excluding carboxylic acids is 1. The zero-order valence-electron chi connectivity index (χ0n) is 12.7. The number of methoxy groups -OCH3 is 1. The Morgan fingerprint density at radius 3 is 3.09 bits per heavy atom. The van der Waals surface area contributed by atoms with Crippen LogP contribution in [0.2, 0.25) is 0 Å². The maximum Gasteiger partial charge on any atom is 0.319 e. The fraction of sp³-hybridized carbons (Fsp3) is 0.400. The van der Waals surface area contributed by atoms with Crippen LogP contribution in [0.1, 0.15) is 23.6 Å². The molecular formula is C15H19N5O2. The van der Waals surface area contributed by atoms with Crippen molar-refractivity contribution in [2.24, 2.45) is 0 Å². The van der Waals surface area contributed by atoms with Crippen LogP contribution in [0.4, 0.5) is 10.5 Å². The average Bonchev–Trinajstić information content (AvgIpc) is 3.09. The molecule has 1 aliphatic heterocycles. The van der Waals surface area contributed by atoms with Gasteiger partial charge < -0.3 is 19.9 Å². The standard InChI is InChI=1S/C15H19N5O2/c1-10-5-6-12(22-2)11(8-10)17-15(21)16-9-14-19-18-13-4-3-7-20(13)14/h5-6,8H,3-4,7,9H2,1-2H3,(H2,16,17,21). The molecular weight excluding hydrogens is 282 g/mol. The van der Waals surface area contributed by atoms with Gasteiger partial charge in [-0.2, -0.15) is 0 Å². The minimum Gasteiger partial charge on any atom is -0.495 e. The van der Waals surface area contributed by atoms with Crippen LogP contribution >= 0.6 is 0 Å². The van der Waals surface area contributed by atoms with Gasteiger partial charge in [-0.25, -0.2) is 4.79 Å². The van der Waals surface area contributed by atoms with Crippen LogP contribution in [0.3, 0.4) is 0 Å². The van der Waals surface area contributed by atoms with E-state index in [9.17, 15) is 4.79 Å². The van der Waals surface area contributed by atoms with Gasteiger partial charge >= 0.3 is 6.03 Å². The van der Waals surface area contributed by atoms with Crippen LogP contribution in [0.15, 0.2) is 18.2 Å². The highest BCUT2D eigenvalue weighted by atomic mass is 16.5. The van der Waals surface area contributed by atoms with Crippen molar-refractivity contribution in [1.29, 1.82) is 0 Å². The predicted octanol–water partition coefficient (Wildman–Crippen LogP) is 1.86. The van der Waals surface area contributed by atoms with Crippen molar-refractivity contribution >= 4 is 11.7 Å². The second-order valence-electron chi connectivity index (χ2n) is 5.30. The van der Waals surface area contributed by atoms with Crippen LogP contribution in [0.5, 0.6) is 5.75 Å². The number of amides is 2. The number of aromatic nitrogens is 3. The molecule has 22 heavy (non-hydrogen) atoms. The number of nitrogens with one attached hydrogen (secondary N) is 2. The first-order valence-electron chi connectivity index (χ1n) is 7.28. The molecule has 2 amide bonds. The lowest BCUT2D eigenvalue weighted by Gasteiger charge is -2.12. The summed E-state index contributed by atoms with van der Waals surface area (Å²) in [6.45, 7) is 3.24. The SMILES string of the molecule is COc1ccc(C)cc1NC(=O)NCc1nnc2n1CCC2. The van der Waals surface area contributed by atoms with E-state index in [1.54, 1.807) is 7.11 Å². The molecule has 0 saturated carbocycles. The van der Waals surface area contributed by atoms with Crippen molar-refractivity contribution in [3.05, 3.63) is 35.4 Å². The fourth-order valence-corrected chi connectivity index (χ4v) is 2.59. The molecule has 0 saturated heterocycles. The molecule has 3 rings (SSSR count). The third-order valence-corrected chi connectivity index (χ3v) is 3.70.